The van der Waals surface area contributed by atoms with Gasteiger partial charge in [0, 0.05) is 19.6 Å². The minimum atomic E-state index is -0.287. The van der Waals surface area contributed by atoms with Gasteiger partial charge >= 0.3 is 6.03 Å². The van der Waals surface area contributed by atoms with Crippen LogP contribution >= 0.6 is 0 Å². The number of benzene rings is 2. The third kappa shape index (κ3) is 5.18. The number of hydrogen-bond acceptors (Lipinski definition) is 2. The van der Waals surface area contributed by atoms with Crippen LogP contribution in [-0.4, -0.2) is 30.6 Å². The van der Waals surface area contributed by atoms with E-state index >= 15 is 0 Å². The molecule has 0 aromatic heterocycles. The standard InChI is InChI=1S/C20H22F2N2O2/c21-17-3-1-15(2-4-17)13-23-20(25)24-11-9-16(14-24)10-12-26-19-7-5-18(22)6-8-19/h1-8,16H,9-14H2,(H,23,25). The third-order valence-corrected chi connectivity index (χ3v) is 4.54. The summed E-state index contributed by atoms with van der Waals surface area (Å²) in [7, 11) is 0. The summed E-state index contributed by atoms with van der Waals surface area (Å²) in [6.45, 7) is 2.34. The topological polar surface area (TPSA) is 41.6 Å². The summed E-state index contributed by atoms with van der Waals surface area (Å²) in [5, 5.41) is 2.87. The number of hydrogen-bond donors (Lipinski definition) is 1. The number of nitrogens with zero attached hydrogens (tertiary/aromatic N) is 1. The summed E-state index contributed by atoms with van der Waals surface area (Å²) in [5.41, 5.74) is 0.864. The summed E-state index contributed by atoms with van der Waals surface area (Å²) >= 11 is 0. The fraction of sp³-hybridized carbons (Fsp3) is 0.350. The first-order valence-electron chi connectivity index (χ1n) is 8.76. The van der Waals surface area contributed by atoms with Crippen LogP contribution in [0.4, 0.5) is 13.6 Å². The molecule has 1 aliphatic rings. The van der Waals surface area contributed by atoms with Gasteiger partial charge in [0.05, 0.1) is 6.61 Å². The lowest BCUT2D eigenvalue weighted by Crippen LogP contribution is -2.38. The molecule has 26 heavy (non-hydrogen) atoms. The highest BCUT2D eigenvalue weighted by Crippen LogP contribution is 2.20. The van der Waals surface area contributed by atoms with Gasteiger partial charge in [-0.05, 0) is 60.7 Å². The summed E-state index contributed by atoms with van der Waals surface area (Å²) in [5.74, 6) is 0.478. The number of ether oxygens (including phenoxy) is 1. The molecule has 0 bridgehead atoms. The highest BCUT2D eigenvalue weighted by atomic mass is 19.1. The van der Waals surface area contributed by atoms with Crippen LogP contribution in [0.25, 0.3) is 0 Å². The van der Waals surface area contributed by atoms with Crippen molar-refractivity contribution in [1.82, 2.24) is 10.2 Å². The highest BCUT2D eigenvalue weighted by molar-refractivity contribution is 5.74. The average molecular weight is 360 g/mol. The minimum Gasteiger partial charge on any atom is -0.494 e. The van der Waals surface area contributed by atoms with E-state index in [2.05, 4.69) is 5.32 Å². The fourth-order valence-corrected chi connectivity index (χ4v) is 3.02. The molecule has 1 atom stereocenters. The van der Waals surface area contributed by atoms with E-state index in [4.69, 9.17) is 4.74 Å². The fourth-order valence-electron chi connectivity index (χ4n) is 3.02. The summed E-state index contributed by atoms with van der Waals surface area (Å²) in [6.07, 6.45) is 1.79. The van der Waals surface area contributed by atoms with Crippen molar-refractivity contribution in [3.63, 3.8) is 0 Å². The highest BCUT2D eigenvalue weighted by Gasteiger charge is 2.25. The van der Waals surface area contributed by atoms with Gasteiger partial charge in [-0.15, -0.1) is 0 Å². The molecule has 6 heteroatoms. The number of halogens is 2. The first-order valence-corrected chi connectivity index (χ1v) is 8.76. The van der Waals surface area contributed by atoms with E-state index in [0.29, 0.717) is 31.4 Å². The van der Waals surface area contributed by atoms with Crippen LogP contribution in [0.3, 0.4) is 0 Å². The van der Waals surface area contributed by atoms with E-state index in [1.807, 2.05) is 0 Å². The van der Waals surface area contributed by atoms with E-state index in [1.54, 1.807) is 29.2 Å². The second-order valence-corrected chi connectivity index (χ2v) is 6.48. The Morgan fingerprint density at radius 2 is 1.73 bits per heavy atom. The van der Waals surface area contributed by atoms with Gasteiger partial charge in [0.25, 0.3) is 0 Å². The van der Waals surface area contributed by atoms with Crippen molar-refractivity contribution in [3.8, 4) is 5.75 Å². The van der Waals surface area contributed by atoms with Gasteiger partial charge in [-0.25, -0.2) is 13.6 Å². The summed E-state index contributed by atoms with van der Waals surface area (Å²) < 4.78 is 31.3. The molecule has 1 heterocycles. The second kappa shape index (κ2) is 8.65. The molecular weight excluding hydrogens is 338 g/mol. The molecule has 0 radical (unpaired) electrons. The predicted molar refractivity (Wildman–Crippen MR) is 94.8 cm³/mol. The Labute approximate surface area is 151 Å². The largest absolute Gasteiger partial charge is 0.494 e. The zero-order chi connectivity index (χ0) is 18.4. The molecule has 4 nitrogen and oxygen atoms in total. The van der Waals surface area contributed by atoms with Gasteiger partial charge in [0.2, 0.25) is 0 Å². The second-order valence-electron chi connectivity index (χ2n) is 6.48. The van der Waals surface area contributed by atoms with Gasteiger partial charge in [-0.3, -0.25) is 0 Å². The van der Waals surface area contributed by atoms with Crippen molar-refractivity contribution < 1.29 is 18.3 Å². The predicted octanol–water partition coefficient (Wildman–Crippen LogP) is 3.97. The number of carbonyl (C=O) groups is 1. The molecule has 2 amide bonds. The van der Waals surface area contributed by atoms with Crippen molar-refractivity contribution in [2.24, 2.45) is 5.92 Å². The van der Waals surface area contributed by atoms with Crippen molar-refractivity contribution >= 4 is 6.03 Å². The van der Waals surface area contributed by atoms with Crippen molar-refractivity contribution in [2.45, 2.75) is 19.4 Å². The molecular formula is C20H22F2N2O2. The van der Waals surface area contributed by atoms with Crippen molar-refractivity contribution in [2.75, 3.05) is 19.7 Å². The van der Waals surface area contributed by atoms with E-state index < -0.39 is 0 Å². The zero-order valence-electron chi connectivity index (χ0n) is 14.5. The van der Waals surface area contributed by atoms with Crippen molar-refractivity contribution in [1.29, 1.82) is 0 Å². The monoisotopic (exact) mass is 360 g/mol. The van der Waals surface area contributed by atoms with E-state index in [0.717, 1.165) is 24.9 Å². The Hall–Kier alpha value is -2.63. The van der Waals surface area contributed by atoms with E-state index in [1.165, 1.54) is 24.3 Å². The first kappa shape index (κ1) is 18.2. The maximum Gasteiger partial charge on any atom is 0.317 e. The quantitative estimate of drug-likeness (QED) is 0.847. The lowest BCUT2D eigenvalue weighted by atomic mass is 10.1. The molecule has 0 aliphatic carbocycles. The Balaban J connectivity index is 1.36. The minimum absolute atomic E-state index is 0.101. The van der Waals surface area contributed by atoms with Crippen LogP contribution in [0.15, 0.2) is 48.5 Å². The molecule has 138 valence electrons. The number of amides is 2. The summed E-state index contributed by atoms with van der Waals surface area (Å²) in [6, 6.07) is 12.0. The van der Waals surface area contributed by atoms with Crippen LogP contribution in [0.5, 0.6) is 5.75 Å². The summed E-state index contributed by atoms with van der Waals surface area (Å²) in [4.78, 5) is 14.0. The molecule has 1 N–H and O–H groups in total. The van der Waals surface area contributed by atoms with Crippen LogP contribution in [0.2, 0.25) is 0 Å². The Morgan fingerprint density at radius 1 is 1.08 bits per heavy atom. The molecule has 2 aromatic rings. The zero-order valence-corrected chi connectivity index (χ0v) is 14.5. The van der Waals surface area contributed by atoms with Gasteiger partial charge in [0.1, 0.15) is 17.4 Å². The number of urea groups is 1. The van der Waals surface area contributed by atoms with E-state index in [9.17, 15) is 13.6 Å². The Morgan fingerprint density at radius 3 is 2.42 bits per heavy atom. The Bertz CT molecular complexity index is 720. The molecule has 0 saturated carbocycles. The lowest BCUT2D eigenvalue weighted by molar-refractivity contribution is 0.204. The normalized spacial score (nSPS) is 16.5. The number of nitrogens with one attached hydrogen (secondary N) is 1. The number of rotatable bonds is 6. The van der Waals surface area contributed by atoms with Crippen LogP contribution in [0, 0.1) is 17.6 Å². The molecule has 3 rings (SSSR count). The van der Waals surface area contributed by atoms with Gasteiger partial charge in [-0.1, -0.05) is 12.1 Å². The molecule has 1 saturated heterocycles. The van der Waals surface area contributed by atoms with Crippen LogP contribution < -0.4 is 10.1 Å². The van der Waals surface area contributed by atoms with Crippen molar-refractivity contribution in [3.05, 3.63) is 65.7 Å². The van der Waals surface area contributed by atoms with Gasteiger partial charge in [-0.2, -0.15) is 0 Å². The molecule has 2 aromatic carbocycles. The molecule has 1 aliphatic heterocycles. The van der Waals surface area contributed by atoms with Crippen LogP contribution in [-0.2, 0) is 6.54 Å². The maximum absolute atomic E-state index is 12.9. The third-order valence-electron chi connectivity index (χ3n) is 4.54. The smallest absolute Gasteiger partial charge is 0.317 e. The van der Waals surface area contributed by atoms with Gasteiger partial charge in [0.15, 0.2) is 0 Å². The molecule has 0 spiro atoms. The molecule has 1 unspecified atom stereocenters. The molecule has 1 fully saturated rings. The number of carbonyl (C=O) groups excluding carboxylic acids is 1. The first-order chi connectivity index (χ1) is 12.6. The maximum atomic E-state index is 12.9. The SMILES string of the molecule is O=C(NCc1ccc(F)cc1)N1CCC(CCOc2ccc(F)cc2)C1. The number of likely N-dealkylation sites (tertiary alicyclic amines) is 1. The lowest BCUT2D eigenvalue weighted by Gasteiger charge is -2.17. The average Bonchev–Trinajstić information content (AvgIpc) is 3.12. The Kier molecular flexibility index (Phi) is 6.04. The van der Waals surface area contributed by atoms with Crippen LogP contribution in [0.1, 0.15) is 18.4 Å². The van der Waals surface area contributed by atoms with Gasteiger partial charge < -0.3 is 15.0 Å². The van der Waals surface area contributed by atoms with E-state index in [-0.39, 0.29) is 17.7 Å².